The van der Waals surface area contributed by atoms with E-state index < -0.39 is 0 Å². The van der Waals surface area contributed by atoms with Crippen molar-refractivity contribution < 1.29 is 0 Å². The zero-order valence-electron chi connectivity index (χ0n) is 8.58. The van der Waals surface area contributed by atoms with E-state index >= 15 is 0 Å². The summed E-state index contributed by atoms with van der Waals surface area (Å²) >= 11 is 3.88. The fourth-order valence-corrected chi connectivity index (χ4v) is 3.04. The summed E-state index contributed by atoms with van der Waals surface area (Å²) in [6.45, 7) is 2.32. The summed E-state index contributed by atoms with van der Waals surface area (Å²) in [7, 11) is 0. The highest BCUT2D eigenvalue weighted by atomic mass is 32.2. The molecule has 0 amide bonds. The van der Waals surface area contributed by atoms with Gasteiger partial charge in [0.05, 0.1) is 0 Å². The van der Waals surface area contributed by atoms with E-state index in [1.54, 1.807) is 0 Å². The summed E-state index contributed by atoms with van der Waals surface area (Å²) < 4.78 is 0.607. The minimum absolute atomic E-state index is 0.607. The predicted molar refractivity (Wildman–Crippen MR) is 66.4 cm³/mol. The van der Waals surface area contributed by atoms with Gasteiger partial charge in [-0.05, 0) is 37.0 Å². The van der Waals surface area contributed by atoms with E-state index in [0.29, 0.717) is 4.75 Å². The van der Waals surface area contributed by atoms with Crippen LogP contribution in [-0.2, 0) is 6.42 Å². The van der Waals surface area contributed by atoms with Gasteiger partial charge in [0.2, 0.25) is 0 Å². The summed E-state index contributed by atoms with van der Waals surface area (Å²) in [5.74, 6) is 0. The van der Waals surface area contributed by atoms with Crippen LogP contribution in [0.5, 0.6) is 0 Å². The minimum Gasteiger partial charge on any atom is -0.315 e. The van der Waals surface area contributed by atoms with Crippen molar-refractivity contribution >= 4 is 23.1 Å². The Morgan fingerprint density at radius 3 is 3.00 bits per heavy atom. The predicted octanol–water partition coefficient (Wildman–Crippen LogP) is 2.78. The summed E-state index contributed by atoms with van der Waals surface area (Å²) in [6.07, 6.45) is 6.22. The molecule has 0 radical (unpaired) electrons. The minimum atomic E-state index is 0.607. The van der Waals surface area contributed by atoms with E-state index in [-0.39, 0.29) is 0 Å². The van der Waals surface area contributed by atoms with Crippen molar-refractivity contribution in [2.24, 2.45) is 0 Å². The number of thiophene rings is 1. The van der Waals surface area contributed by atoms with Crippen molar-refractivity contribution in [1.29, 1.82) is 0 Å². The van der Waals surface area contributed by atoms with Crippen molar-refractivity contribution in [1.82, 2.24) is 5.32 Å². The van der Waals surface area contributed by atoms with Gasteiger partial charge in [-0.1, -0.05) is 6.07 Å². The van der Waals surface area contributed by atoms with Gasteiger partial charge in [0, 0.05) is 22.7 Å². The third-order valence-electron chi connectivity index (χ3n) is 2.82. The first-order valence-electron chi connectivity index (χ1n) is 5.13. The first-order valence-corrected chi connectivity index (χ1v) is 7.23. The molecule has 1 aliphatic carbocycles. The third kappa shape index (κ3) is 2.75. The molecular weight excluding hydrogens is 210 g/mol. The molecule has 0 aromatic carbocycles. The normalized spacial score (nSPS) is 18.4. The summed E-state index contributed by atoms with van der Waals surface area (Å²) in [5.41, 5.74) is 0. The Balaban J connectivity index is 1.60. The Bertz CT molecular complexity index is 265. The van der Waals surface area contributed by atoms with Crippen molar-refractivity contribution in [2.45, 2.75) is 24.0 Å². The monoisotopic (exact) mass is 227 g/mol. The summed E-state index contributed by atoms with van der Waals surface area (Å²) in [4.78, 5) is 1.49. The molecule has 1 nitrogen and oxygen atoms in total. The van der Waals surface area contributed by atoms with Crippen molar-refractivity contribution in [3.8, 4) is 0 Å². The van der Waals surface area contributed by atoms with Crippen LogP contribution >= 0.6 is 23.1 Å². The lowest BCUT2D eigenvalue weighted by atomic mass is 10.3. The maximum atomic E-state index is 3.56. The second-order valence-electron chi connectivity index (χ2n) is 3.89. The van der Waals surface area contributed by atoms with Crippen LogP contribution in [0.2, 0.25) is 0 Å². The fraction of sp³-hybridized carbons (Fsp3) is 0.636. The second kappa shape index (κ2) is 4.69. The van der Waals surface area contributed by atoms with Crippen LogP contribution in [0.4, 0.5) is 0 Å². The highest BCUT2D eigenvalue weighted by Crippen LogP contribution is 2.46. The van der Waals surface area contributed by atoms with Gasteiger partial charge < -0.3 is 5.32 Å². The molecule has 0 bridgehead atoms. The second-order valence-corrected chi connectivity index (χ2v) is 6.20. The number of rotatable bonds is 6. The average molecular weight is 227 g/mol. The standard InChI is InChI=1S/C11H17NS2/c1-13-11(5-6-11)9-12-7-4-10-3-2-8-14-10/h2-3,8,12H,4-7,9H2,1H3. The zero-order valence-corrected chi connectivity index (χ0v) is 10.2. The lowest BCUT2D eigenvalue weighted by Crippen LogP contribution is -2.27. The number of hydrogen-bond donors (Lipinski definition) is 1. The van der Waals surface area contributed by atoms with Crippen molar-refractivity contribution in [2.75, 3.05) is 19.3 Å². The van der Waals surface area contributed by atoms with E-state index in [4.69, 9.17) is 0 Å². The molecule has 1 N–H and O–H groups in total. The third-order valence-corrected chi connectivity index (χ3v) is 5.17. The molecule has 1 aromatic rings. The van der Waals surface area contributed by atoms with E-state index in [2.05, 4.69) is 29.1 Å². The van der Waals surface area contributed by atoms with Crippen LogP contribution in [0.25, 0.3) is 0 Å². The molecule has 2 rings (SSSR count). The molecule has 1 aromatic heterocycles. The highest BCUT2D eigenvalue weighted by molar-refractivity contribution is 8.00. The molecule has 1 fully saturated rings. The van der Waals surface area contributed by atoms with E-state index in [1.165, 1.54) is 30.7 Å². The van der Waals surface area contributed by atoms with Gasteiger partial charge >= 0.3 is 0 Å². The number of nitrogens with one attached hydrogen (secondary N) is 1. The SMILES string of the molecule is CSC1(CNCCc2cccs2)CC1. The molecule has 1 heterocycles. The van der Waals surface area contributed by atoms with Gasteiger partial charge in [-0.15, -0.1) is 11.3 Å². The van der Waals surface area contributed by atoms with E-state index in [9.17, 15) is 0 Å². The molecule has 0 saturated heterocycles. The van der Waals surface area contributed by atoms with Gasteiger partial charge in [0.1, 0.15) is 0 Å². The Morgan fingerprint density at radius 2 is 2.43 bits per heavy atom. The first-order chi connectivity index (χ1) is 6.85. The first kappa shape index (κ1) is 10.5. The topological polar surface area (TPSA) is 12.0 Å². The van der Waals surface area contributed by atoms with Crippen LogP contribution in [0.1, 0.15) is 17.7 Å². The smallest absolute Gasteiger partial charge is 0.0282 e. The van der Waals surface area contributed by atoms with Gasteiger partial charge in [-0.2, -0.15) is 11.8 Å². The Labute approximate surface area is 94.3 Å². The lowest BCUT2D eigenvalue weighted by molar-refractivity contribution is 0.663. The maximum Gasteiger partial charge on any atom is 0.0282 e. The molecule has 1 aliphatic rings. The van der Waals surface area contributed by atoms with E-state index in [1.807, 2.05) is 23.1 Å². The largest absolute Gasteiger partial charge is 0.315 e. The molecule has 0 atom stereocenters. The van der Waals surface area contributed by atoms with Crippen molar-refractivity contribution in [3.05, 3.63) is 22.4 Å². The zero-order chi connectivity index (χ0) is 9.86. The Hall–Kier alpha value is 0.01000. The van der Waals surface area contributed by atoms with Crippen LogP contribution < -0.4 is 5.32 Å². The molecule has 0 aliphatic heterocycles. The molecule has 14 heavy (non-hydrogen) atoms. The van der Waals surface area contributed by atoms with Gasteiger partial charge in [-0.25, -0.2) is 0 Å². The fourth-order valence-electron chi connectivity index (χ4n) is 1.58. The maximum absolute atomic E-state index is 3.56. The Morgan fingerprint density at radius 1 is 1.57 bits per heavy atom. The van der Waals surface area contributed by atoms with Crippen LogP contribution in [-0.4, -0.2) is 24.1 Å². The number of hydrogen-bond acceptors (Lipinski definition) is 3. The van der Waals surface area contributed by atoms with Gasteiger partial charge in [-0.3, -0.25) is 0 Å². The van der Waals surface area contributed by atoms with Gasteiger partial charge in [0.15, 0.2) is 0 Å². The molecule has 0 unspecified atom stereocenters. The lowest BCUT2D eigenvalue weighted by Gasteiger charge is -2.12. The molecular formula is C11H17NS2. The molecule has 78 valence electrons. The average Bonchev–Trinajstić information content (AvgIpc) is 2.81. The van der Waals surface area contributed by atoms with Gasteiger partial charge in [0.25, 0.3) is 0 Å². The van der Waals surface area contributed by atoms with Crippen LogP contribution in [0.15, 0.2) is 17.5 Å². The summed E-state index contributed by atoms with van der Waals surface area (Å²) in [5, 5.41) is 5.72. The van der Waals surface area contributed by atoms with Crippen LogP contribution in [0, 0.1) is 0 Å². The Kier molecular flexibility index (Phi) is 3.52. The van der Waals surface area contributed by atoms with Crippen LogP contribution in [0.3, 0.4) is 0 Å². The number of thioether (sulfide) groups is 1. The quantitative estimate of drug-likeness (QED) is 0.750. The van der Waals surface area contributed by atoms with E-state index in [0.717, 1.165) is 6.54 Å². The summed E-state index contributed by atoms with van der Waals surface area (Å²) in [6, 6.07) is 4.35. The molecule has 1 saturated carbocycles. The molecule has 0 spiro atoms. The molecule has 3 heteroatoms. The highest BCUT2D eigenvalue weighted by Gasteiger charge is 2.41. The van der Waals surface area contributed by atoms with Crippen molar-refractivity contribution in [3.63, 3.8) is 0 Å².